The zero-order chi connectivity index (χ0) is 9.26. The minimum Gasteiger partial charge on any atom is -0.397 e. The number of anilines is 1. The van der Waals surface area contributed by atoms with Crippen molar-refractivity contribution in [3.63, 3.8) is 0 Å². The molecule has 68 valence electrons. The molecule has 0 aliphatic heterocycles. The van der Waals surface area contributed by atoms with Gasteiger partial charge < -0.3 is 15.4 Å². The SMILES string of the molecule is Nc1ccnc2c1ncn2CCO. The molecule has 0 saturated heterocycles. The number of pyridine rings is 1. The van der Waals surface area contributed by atoms with E-state index < -0.39 is 0 Å². The van der Waals surface area contributed by atoms with E-state index in [0.717, 1.165) is 0 Å². The number of hydrogen-bond donors (Lipinski definition) is 2. The van der Waals surface area contributed by atoms with Crippen LogP contribution in [0.5, 0.6) is 0 Å². The highest BCUT2D eigenvalue weighted by molar-refractivity contribution is 5.83. The van der Waals surface area contributed by atoms with Gasteiger partial charge in [0.2, 0.25) is 0 Å². The molecule has 0 aliphatic carbocycles. The Morgan fingerprint density at radius 3 is 3.08 bits per heavy atom. The van der Waals surface area contributed by atoms with Crippen LogP contribution in [0.2, 0.25) is 0 Å². The zero-order valence-electron chi connectivity index (χ0n) is 7.01. The van der Waals surface area contributed by atoms with Gasteiger partial charge in [-0.15, -0.1) is 0 Å². The van der Waals surface area contributed by atoms with Gasteiger partial charge in [0.15, 0.2) is 5.65 Å². The molecule has 2 heterocycles. The van der Waals surface area contributed by atoms with Crippen molar-refractivity contribution in [2.75, 3.05) is 12.3 Å². The van der Waals surface area contributed by atoms with Crippen LogP contribution in [-0.2, 0) is 6.54 Å². The topological polar surface area (TPSA) is 77.0 Å². The van der Waals surface area contributed by atoms with Crippen molar-refractivity contribution in [2.45, 2.75) is 6.54 Å². The fraction of sp³-hybridized carbons (Fsp3) is 0.250. The second kappa shape index (κ2) is 3.02. The van der Waals surface area contributed by atoms with Crippen LogP contribution in [-0.4, -0.2) is 26.2 Å². The van der Waals surface area contributed by atoms with E-state index in [1.807, 2.05) is 0 Å². The molecule has 0 aromatic carbocycles. The molecular formula is C8H10N4O. The van der Waals surface area contributed by atoms with Crippen molar-refractivity contribution >= 4 is 16.9 Å². The average Bonchev–Trinajstić information content (AvgIpc) is 2.51. The summed E-state index contributed by atoms with van der Waals surface area (Å²) in [5, 5.41) is 8.76. The lowest BCUT2D eigenvalue weighted by Crippen LogP contribution is -2.01. The van der Waals surface area contributed by atoms with Crippen LogP contribution in [0.3, 0.4) is 0 Å². The standard InChI is InChI=1S/C8H10N4O/c9-6-1-2-10-8-7(6)11-5-12(8)3-4-13/h1-2,5,13H,3-4H2,(H2,9,10). The predicted octanol–water partition coefficient (Wildman–Crippen LogP) is 0.00580. The molecule has 0 radical (unpaired) electrons. The van der Waals surface area contributed by atoms with E-state index in [1.54, 1.807) is 23.2 Å². The Labute approximate surface area is 74.8 Å². The van der Waals surface area contributed by atoms with Crippen LogP contribution in [0.4, 0.5) is 5.69 Å². The first kappa shape index (κ1) is 8.00. The number of nitrogen functional groups attached to an aromatic ring is 1. The number of imidazole rings is 1. The van der Waals surface area contributed by atoms with Crippen molar-refractivity contribution in [2.24, 2.45) is 0 Å². The number of aliphatic hydroxyl groups excluding tert-OH is 1. The van der Waals surface area contributed by atoms with E-state index in [2.05, 4.69) is 9.97 Å². The molecule has 0 fully saturated rings. The molecule has 2 aromatic heterocycles. The number of hydrogen-bond acceptors (Lipinski definition) is 4. The number of nitrogens with two attached hydrogens (primary N) is 1. The molecule has 0 amide bonds. The number of rotatable bonds is 2. The molecule has 0 unspecified atom stereocenters. The van der Waals surface area contributed by atoms with Gasteiger partial charge in [0.1, 0.15) is 5.52 Å². The molecule has 13 heavy (non-hydrogen) atoms. The van der Waals surface area contributed by atoms with Crippen LogP contribution < -0.4 is 5.73 Å². The molecule has 0 saturated carbocycles. The van der Waals surface area contributed by atoms with E-state index in [0.29, 0.717) is 23.4 Å². The molecular weight excluding hydrogens is 168 g/mol. The van der Waals surface area contributed by atoms with Gasteiger partial charge in [-0.1, -0.05) is 0 Å². The fourth-order valence-corrected chi connectivity index (χ4v) is 1.25. The van der Waals surface area contributed by atoms with Crippen molar-refractivity contribution in [3.8, 4) is 0 Å². The van der Waals surface area contributed by atoms with E-state index >= 15 is 0 Å². The first-order valence-corrected chi connectivity index (χ1v) is 3.99. The molecule has 0 spiro atoms. The molecule has 0 aliphatic rings. The third-order valence-electron chi connectivity index (χ3n) is 1.88. The Balaban J connectivity index is 2.61. The van der Waals surface area contributed by atoms with E-state index in [9.17, 15) is 0 Å². The molecule has 0 atom stereocenters. The van der Waals surface area contributed by atoms with Gasteiger partial charge in [0.25, 0.3) is 0 Å². The minimum absolute atomic E-state index is 0.0714. The van der Waals surface area contributed by atoms with Gasteiger partial charge in [-0.3, -0.25) is 0 Å². The second-order valence-electron chi connectivity index (χ2n) is 2.73. The van der Waals surface area contributed by atoms with Crippen molar-refractivity contribution in [3.05, 3.63) is 18.6 Å². The van der Waals surface area contributed by atoms with Crippen LogP contribution in [0.1, 0.15) is 0 Å². The average molecular weight is 178 g/mol. The Bertz CT molecular complexity index is 423. The summed E-state index contributed by atoms with van der Waals surface area (Å²) in [6, 6.07) is 1.71. The minimum atomic E-state index is 0.0714. The first-order chi connectivity index (χ1) is 6.33. The predicted molar refractivity (Wildman–Crippen MR) is 49.0 cm³/mol. The lowest BCUT2D eigenvalue weighted by Gasteiger charge is -1.99. The lowest BCUT2D eigenvalue weighted by molar-refractivity contribution is 0.277. The molecule has 2 aromatic rings. The van der Waals surface area contributed by atoms with Crippen molar-refractivity contribution < 1.29 is 5.11 Å². The third-order valence-corrected chi connectivity index (χ3v) is 1.88. The van der Waals surface area contributed by atoms with Gasteiger partial charge in [-0.25, -0.2) is 9.97 Å². The molecule has 3 N–H and O–H groups in total. The third kappa shape index (κ3) is 1.23. The Morgan fingerprint density at radius 2 is 2.31 bits per heavy atom. The monoisotopic (exact) mass is 178 g/mol. The molecule has 5 heteroatoms. The maximum atomic E-state index is 8.76. The molecule has 2 rings (SSSR count). The number of nitrogens with zero attached hydrogens (tertiary/aromatic N) is 3. The van der Waals surface area contributed by atoms with E-state index in [1.165, 1.54) is 0 Å². The van der Waals surface area contributed by atoms with Crippen LogP contribution in [0.25, 0.3) is 11.2 Å². The number of aliphatic hydroxyl groups is 1. The van der Waals surface area contributed by atoms with Gasteiger partial charge in [-0.05, 0) is 6.07 Å². The maximum absolute atomic E-state index is 8.76. The summed E-state index contributed by atoms with van der Waals surface area (Å²) in [6.07, 6.45) is 3.26. The highest BCUT2D eigenvalue weighted by Gasteiger charge is 2.04. The van der Waals surface area contributed by atoms with E-state index in [4.69, 9.17) is 10.8 Å². The van der Waals surface area contributed by atoms with Crippen molar-refractivity contribution in [1.82, 2.24) is 14.5 Å². The Kier molecular flexibility index (Phi) is 1.86. The number of fused-ring (bicyclic) bond motifs is 1. The van der Waals surface area contributed by atoms with Gasteiger partial charge in [-0.2, -0.15) is 0 Å². The summed E-state index contributed by atoms with van der Waals surface area (Å²) in [5.74, 6) is 0. The Morgan fingerprint density at radius 1 is 1.46 bits per heavy atom. The zero-order valence-corrected chi connectivity index (χ0v) is 7.01. The molecule has 5 nitrogen and oxygen atoms in total. The smallest absolute Gasteiger partial charge is 0.162 e. The van der Waals surface area contributed by atoms with Gasteiger partial charge >= 0.3 is 0 Å². The van der Waals surface area contributed by atoms with Crippen LogP contribution in [0.15, 0.2) is 18.6 Å². The molecule has 0 bridgehead atoms. The second-order valence-corrected chi connectivity index (χ2v) is 2.73. The summed E-state index contributed by atoms with van der Waals surface area (Å²) in [7, 11) is 0. The Hall–Kier alpha value is -1.62. The summed E-state index contributed by atoms with van der Waals surface area (Å²) in [4.78, 5) is 8.23. The highest BCUT2D eigenvalue weighted by Crippen LogP contribution is 2.15. The maximum Gasteiger partial charge on any atom is 0.162 e. The summed E-state index contributed by atoms with van der Waals surface area (Å²) < 4.78 is 1.77. The number of aromatic nitrogens is 3. The van der Waals surface area contributed by atoms with Crippen LogP contribution in [0, 0.1) is 0 Å². The highest BCUT2D eigenvalue weighted by atomic mass is 16.3. The van der Waals surface area contributed by atoms with Gasteiger partial charge in [0.05, 0.1) is 18.6 Å². The largest absolute Gasteiger partial charge is 0.397 e. The summed E-state index contributed by atoms with van der Waals surface area (Å²) >= 11 is 0. The normalized spacial score (nSPS) is 10.8. The van der Waals surface area contributed by atoms with Crippen molar-refractivity contribution in [1.29, 1.82) is 0 Å². The first-order valence-electron chi connectivity index (χ1n) is 3.99. The summed E-state index contributed by atoms with van der Waals surface area (Å²) in [6.45, 7) is 0.564. The quantitative estimate of drug-likeness (QED) is 0.678. The van der Waals surface area contributed by atoms with Gasteiger partial charge in [0, 0.05) is 12.7 Å². The van der Waals surface area contributed by atoms with E-state index in [-0.39, 0.29) is 6.61 Å². The lowest BCUT2D eigenvalue weighted by atomic mass is 10.4. The van der Waals surface area contributed by atoms with Crippen LogP contribution >= 0.6 is 0 Å². The summed E-state index contributed by atoms with van der Waals surface area (Å²) in [5.41, 5.74) is 7.71. The fourth-order valence-electron chi connectivity index (χ4n) is 1.25.